The molecule has 0 aromatic heterocycles. The molecule has 0 radical (unpaired) electrons. The van der Waals surface area contributed by atoms with Crippen LogP contribution in [0.3, 0.4) is 0 Å². The summed E-state index contributed by atoms with van der Waals surface area (Å²) in [6, 6.07) is -0.635. The maximum Gasteiger partial charge on any atom is 0.326 e. The molecule has 2 rings (SSSR count). The first-order chi connectivity index (χ1) is 8.59. The molecule has 0 aliphatic carbocycles. The minimum atomic E-state index is -0.873. The van der Waals surface area contributed by atoms with Crippen LogP contribution in [0, 0.1) is 11.8 Å². The van der Waals surface area contributed by atoms with Crippen molar-refractivity contribution in [2.24, 2.45) is 11.8 Å². The largest absolute Gasteiger partial charge is 0.480 e. The van der Waals surface area contributed by atoms with E-state index >= 15 is 0 Å². The first kappa shape index (κ1) is 13.3. The summed E-state index contributed by atoms with van der Waals surface area (Å²) in [5, 5.41) is 9.26. The maximum atomic E-state index is 12.4. The average Bonchev–Trinajstić information content (AvgIpc) is 2.39. The van der Waals surface area contributed by atoms with Gasteiger partial charge in [-0.3, -0.25) is 4.79 Å². The van der Waals surface area contributed by atoms with E-state index in [4.69, 9.17) is 4.74 Å². The van der Waals surface area contributed by atoms with Crippen LogP contribution in [0.5, 0.6) is 0 Å². The van der Waals surface area contributed by atoms with E-state index in [1.165, 1.54) is 0 Å². The number of likely N-dealkylation sites (tertiary alicyclic amines) is 1. The lowest BCUT2D eigenvalue weighted by Gasteiger charge is -2.38. The number of amides is 1. The van der Waals surface area contributed by atoms with E-state index in [-0.39, 0.29) is 11.8 Å². The molecule has 2 atom stereocenters. The number of carboxylic acids is 1. The summed E-state index contributed by atoms with van der Waals surface area (Å²) in [5.41, 5.74) is 0. The second kappa shape index (κ2) is 5.69. The fourth-order valence-electron chi connectivity index (χ4n) is 2.82. The van der Waals surface area contributed by atoms with Crippen molar-refractivity contribution in [1.29, 1.82) is 0 Å². The van der Waals surface area contributed by atoms with Crippen molar-refractivity contribution in [2.45, 2.75) is 38.6 Å². The van der Waals surface area contributed by atoms with Gasteiger partial charge in [0.1, 0.15) is 6.04 Å². The molecule has 2 unspecified atom stereocenters. The zero-order chi connectivity index (χ0) is 13.1. The summed E-state index contributed by atoms with van der Waals surface area (Å²) in [4.78, 5) is 25.2. The number of carboxylic acid groups (broad SMARTS) is 1. The van der Waals surface area contributed by atoms with Crippen LogP contribution in [0.1, 0.15) is 32.6 Å². The van der Waals surface area contributed by atoms with Crippen LogP contribution in [0.25, 0.3) is 0 Å². The highest BCUT2D eigenvalue weighted by Gasteiger charge is 2.37. The van der Waals surface area contributed by atoms with Gasteiger partial charge in [0.05, 0.1) is 0 Å². The molecule has 1 amide bonds. The Labute approximate surface area is 107 Å². The van der Waals surface area contributed by atoms with Crippen molar-refractivity contribution >= 4 is 11.9 Å². The Bertz CT molecular complexity index is 325. The molecule has 1 N–H and O–H groups in total. The van der Waals surface area contributed by atoms with E-state index in [0.717, 1.165) is 19.3 Å². The smallest absolute Gasteiger partial charge is 0.326 e. The van der Waals surface area contributed by atoms with Gasteiger partial charge in [0.25, 0.3) is 0 Å². The summed E-state index contributed by atoms with van der Waals surface area (Å²) < 4.78 is 5.24. The van der Waals surface area contributed by atoms with Crippen LogP contribution in [0.4, 0.5) is 0 Å². The number of aliphatic carboxylic acids is 1. The van der Waals surface area contributed by atoms with Gasteiger partial charge in [-0.25, -0.2) is 4.79 Å². The Kier molecular flexibility index (Phi) is 4.22. The number of hydrogen-bond acceptors (Lipinski definition) is 3. The maximum absolute atomic E-state index is 12.4. The molecule has 18 heavy (non-hydrogen) atoms. The van der Waals surface area contributed by atoms with Crippen molar-refractivity contribution in [3.05, 3.63) is 0 Å². The highest BCUT2D eigenvalue weighted by molar-refractivity contribution is 5.85. The quantitative estimate of drug-likeness (QED) is 0.803. The first-order valence-electron chi connectivity index (χ1n) is 6.70. The number of rotatable bonds is 2. The monoisotopic (exact) mass is 255 g/mol. The zero-order valence-electron chi connectivity index (χ0n) is 10.8. The Hall–Kier alpha value is -1.10. The van der Waals surface area contributed by atoms with Crippen molar-refractivity contribution in [2.75, 3.05) is 19.8 Å². The van der Waals surface area contributed by atoms with Gasteiger partial charge in [-0.05, 0) is 31.6 Å². The lowest BCUT2D eigenvalue weighted by Crippen LogP contribution is -2.52. The summed E-state index contributed by atoms with van der Waals surface area (Å²) in [6.45, 7) is 3.84. The minimum Gasteiger partial charge on any atom is -0.480 e. The lowest BCUT2D eigenvalue weighted by atomic mass is 9.90. The zero-order valence-corrected chi connectivity index (χ0v) is 10.8. The molecular formula is C13H21NO4. The third-order valence-corrected chi connectivity index (χ3v) is 4.00. The van der Waals surface area contributed by atoms with E-state index in [1.54, 1.807) is 4.90 Å². The number of piperidine rings is 1. The molecule has 2 aliphatic heterocycles. The van der Waals surface area contributed by atoms with Gasteiger partial charge in [0.2, 0.25) is 5.91 Å². The molecule has 2 heterocycles. The van der Waals surface area contributed by atoms with Crippen molar-refractivity contribution < 1.29 is 19.4 Å². The molecule has 102 valence electrons. The van der Waals surface area contributed by atoms with Gasteiger partial charge in [0, 0.05) is 25.7 Å². The van der Waals surface area contributed by atoms with Crippen molar-refractivity contribution in [1.82, 2.24) is 4.90 Å². The second-order valence-electron chi connectivity index (χ2n) is 5.40. The van der Waals surface area contributed by atoms with E-state index in [2.05, 4.69) is 0 Å². The van der Waals surface area contributed by atoms with E-state index < -0.39 is 12.0 Å². The number of carbonyl (C=O) groups excluding carboxylic acids is 1. The molecule has 0 saturated carbocycles. The molecule has 0 bridgehead atoms. The minimum absolute atomic E-state index is 0.0117. The lowest BCUT2D eigenvalue weighted by molar-refractivity contribution is -0.156. The number of ether oxygens (including phenoxy) is 1. The number of nitrogens with zero attached hydrogens (tertiary/aromatic N) is 1. The number of carbonyl (C=O) groups is 2. The molecule has 0 aromatic carbocycles. The highest BCUT2D eigenvalue weighted by Crippen LogP contribution is 2.26. The standard InChI is InChI=1S/C13H21NO4/c1-9-2-5-14(11(8-9)13(16)17)12(15)10-3-6-18-7-4-10/h9-11H,2-8H2,1H3,(H,16,17). The topological polar surface area (TPSA) is 66.8 Å². The SMILES string of the molecule is CC1CCN(C(=O)C2CCOCC2)C(C(=O)O)C1. The fourth-order valence-corrected chi connectivity index (χ4v) is 2.82. The van der Waals surface area contributed by atoms with Crippen LogP contribution >= 0.6 is 0 Å². The van der Waals surface area contributed by atoms with E-state index in [0.29, 0.717) is 32.1 Å². The predicted molar refractivity (Wildman–Crippen MR) is 65.1 cm³/mol. The molecule has 5 nitrogen and oxygen atoms in total. The second-order valence-corrected chi connectivity index (χ2v) is 5.40. The van der Waals surface area contributed by atoms with Crippen LogP contribution in [-0.4, -0.2) is 47.7 Å². The molecular weight excluding hydrogens is 234 g/mol. The van der Waals surface area contributed by atoms with Crippen molar-refractivity contribution in [3.63, 3.8) is 0 Å². The van der Waals surface area contributed by atoms with Gasteiger partial charge in [0.15, 0.2) is 0 Å². The summed E-state index contributed by atoms with van der Waals surface area (Å²) in [6.07, 6.45) is 2.91. The predicted octanol–water partition coefficient (Wildman–Crippen LogP) is 1.12. The fraction of sp³-hybridized carbons (Fsp3) is 0.846. The third-order valence-electron chi connectivity index (χ3n) is 4.00. The van der Waals surface area contributed by atoms with Gasteiger partial charge in [-0.1, -0.05) is 6.92 Å². The van der Waals surface area contributed by atoms with E-state index in [1.807, 2.05) is 6.92 Å². The van der Waals surface area contributed by atoms with E-state index in [9.17, 15) is 14.7 Å². The van der Waals surface area contributed by atoms with Gasteiger partial charge in [-0.2, -0.15) is 0 Å². The summed E-state index contributed by atoms with van der Waals surface area (Å²) >= 11 is 0. The summed E-state index contributed by atoms with van der Waals surface area (Å²) in [7, 11) is 0. The summed E-state index contributed by atoms with van der Waals surface area (Å²) in [5.74, 6) is -0.529. The average molecular weight is 255 g/mol. The molecule has 0 spiro atoms. The molecule has 2 fully saturated rings. The Morgan fingerprint density at radius 1 is 1.22 bits per heavy atom. The molecule has 0 aromatic rings. The molecule has 2 aliphatic rings. The number of hydrogen-bond donors (Lipinski definition) is 1. The van der Waals surface area contributed by atoms with Gasteiger partial charge >= 0.3 is 5.97 Å². The van der Waals surface area contributed by atoms with Gasteiger partial charge in [-0.15, -0.1) is 0 Å². The third kappa shape index (κ3) is 2.83. The highest BCUT2D eigenvalue weighted by atomic mass is 16.5. The molecule has 5 heteroatoms. The Morgan fingerprint density at radius 3 is 2.50 bits per heavy atom. The van der Waals surface area contributed by atoms with Crippen LogP contribution < -0.4 is 0 Å². The van der Waals surface area contributed by atoms with Crippen LogP contribution in [0.15, 0.2) is 0 Å². The van der Waals surface area contributed by atoms with Crippen LogP contribution in [0.2, 0.25) is 0 Å². The van der Waals surface area contributed by atoms with Gasteiger partial charge < -0.3 is 14.7 Å². The molecule has 2 saturated heterocycles. The normalized spacial score (nSPS) is 30.2. The Balaban J connectivity index is 2.04. The first-order valence-corrected chi connectivity index (χ1v) is 6.70. The Morgan fingerprint density at radius 2 is 1.89 bits per heavy atom. The van der Waals surface area contributed by atoms with Crippen molar-refractivity contribution in [3.8, 4) is 0 Å². The van der Waals surface area contributed by atoms with Crippen LogP contribution in [-0.2, 0) is 14.3 Å².